The predicted octanol–water partition coefficient (Wildman–Crippen LogP) is -10.1. The van der Waals surface area contributed by atoms with E-state index in [1.54, 1.807) is 0 Å². The van der Waals surface area contributed by atoms with Crippen LogP contribution in [0.1, 0.15) is 6.92 Å². The Labute approximate surface area is 268 Å². The molecule has 2 aliphatic rings. The molecule has 47 heavy (non-hydrogen) atoms. The molecule has 0 bridgehead atoms. The third kappa shape index (κ3) is 10.2. The molecule has 2 fully saturated rings. The highest BCUT2D eigenvalue weighted by Gasteiger charge is 2.52. The fourth-order valence-electron chi connectivity index (χ4n) is 5.28. The fourth-order valence-corrected chi connectivity index (χ4v) is 5.28. The van der Waals surface area contributed by atoms with Gasteiger partial charge in [0.05, 0.1) is 63.4 Å². The molecule has 1 heterocycles. The second-order valence-electron chi connectivity index (χ2n) is 11.6. The van der Waals surface area contributed by atoms with E-state index in [2.05, 4.69) is 5.32 Å². The molecule has 0 aromatic carbocycles. The Kier molecular flexibility index (Phi) is 17.3. The number of carbonyl (C=O) groups is 1. The van der Waals surface area contributed by atoms with Gasteiger partial charge in [0, 0.05) is 5.92 Å². The average Bonchev–Trinajstić information content (AvgIpc) is 3.07. The van der Waals surface area contributed by atoms with E-state index in [1.165, 1.54) is 6.92 Å². The van der Waals surface area contributed by atoms with Gasteiger partial charge in [0.1, 0.15) is 67.1 Å². The summed E-state index contributed by atoms with van der Waals surface area (Å²) in [6.45, 7) is -2.97. The Morgan fingerprint density at radius 2 is 1.34 bits per heavy atom. The summed E-state index contributed by atoms with van der Waals surface area (Å²) in [6.07, 6.45) is -29.7. The zero-order valence-electron chi connectivity index (χ0n) is 25.3. The second-order valence-corrected chi connectivity index (χ2v) is 11.6. The van der Waals surface area contributed by atoms with Crippen molar-refractivity contribution in [2.45, 2.75) is 117 Å². The lowest BCUT2D eigenvalue weighted by molar-refractivity contribution is -0.302. The van der Waals surface area contributed by atoms with Crippen LogP contribution in [0.2, 0.25) is 0 Å². The van der Waals surface area contributed by atoms with Crippen LogP contribution in [0, 0.1) is 5.92 Å². The molecular formula is C26H49NO20. The van der Waals surface area contributed by atoms with Crippen LogP contribution in [0.4, 0.5) is 0 Å². The van der Waals surface area contributed by atoms with Crippen LogP contribution < -0.4 is 5.32 Å². The maximum atomic E-state index is 10.9. The first-order chi connectivity index (χ1) is 22.1. The molecule has 0 radical (unpaired) electrons. The maximum absolute atomic E-state index is 10.9. The smallest absolute Gasteiger partial charge is 0.187 e. The van der Waals surface area contributed by atoms with E-state index in [0.29, 0.717) is 0 Å². The van der Waals surface area contributed by atoms with Gasteiger partial charge in [-0.1, -0.05) is 0 Å². The number of aliphatic hydroxyl groups excluding tert-OH is 15. The van der Waals surface area contributed by atoms with Crippen molar-refractivity contribution >= 4 is 6.29 Å². The Bertz CT molecular complexity index is 907. The molecule has 2 rings (SSSR count). The Balaban J connectivity index is 2.15. The van der Waals surface area contributed by atoms with Crippen LogP contribution >= 0.6 is 0 Å². The largest absolute Gasteiger partial charge is 0.396 e. The number of rotatable bonds is 19. The minimum Gasteiger partial charge on any atom is -0.396 e. The Morgan fingerprint density at radius 3 is 1.87 bits per heavy atom. The summed E-state index contributed by atoms with van der Waals surface area (Å²) in [5.74, 6) is -1.31. The lowest BCUT2D eigenvalue weighted by atomic mass is 9.76. The lowest BCUT2D eigenvalue weighted by Crippen LogP contribution is -2.72. The molecule has 16 N–H and O–H groups in total. The van der Waals surface area contributed by atoms with Crippen molar-refractivity contribution in [3.8, 4) is 0 Å². The zero-order chi connectivity index (χ0) is 35.7. The number of ether oxygens (including phenoxy) is 4. The summed E-state index contributed by atoms with van der Waals surface area (Å²) in [7, 11) is 0. The molecule has 1 saturated carbocycles. The molecule has 1 aliphatic carbocycles. The number of hydrogen-bond donors (Lipinski definition) is 16. The minimum absolute atomic E-state index is 0.0981. The lowest BCUT2D eigenvalue weighted by Gasteiger charge is -2.48. The molecule has 0 amide bonds. The molecule has 0 spiro atoms. The van der Waals surface area contributed by atoms with Crippen molar-refractivity contribution in [3.63, 3.8) is 0 Å². The molecule has 21 heteroatoms. The van der Waals surface area contributed by atoms with Crippen molar-refractivity contribution in [1.29, 1.82) is 0 Å². The van der Waals surface area contributed by atoms with E-state index in [1.807, 2.05) is 0 Å². The molecule has 21 nitrogen and oxygen atoms in total. The van der Waals surface area contributed by atoms with E-state index in [4.69, 9.17) is 18.9 Å². The molecule has 278 valence electrons. The predicted molar refractivity (Wildman–Crippen MR) is 149 cm³/mol. The fraction of sp³-hybridized carbons (Fsp3) is 0.962. The van der Waals surface area contributed by atoms with Crippen molar-refractivity contribution in [3.05, 3.63) is 0 Å². The van der Waals surface area contributed by atoms with Crippen LogP contribution in [0.25, 0.3) is 0 Å². The first kappa shape index (κ1) is 42.0. The van der Waals surface area contributed by atoms with Crippen molar-refractivity contribution in [1.82, 2.24) is 5.32 Å². The van der Waals surface area contributed by atoms with Gasteiger partial charge in [0.15, 0.2) is 18.9 Å². The van der Waals surface area contributed by atoms with Crippen molar-refractivity contribution in [2.75, 3.05) is 33.0 Å². The van der Waals surface area contributed by atoms with Gasteiger partial charge in [-0.3, -0.25) is 0 Å². The third-order valence-corrected chi connectivity index (χ3v) is 8.21. The van der Waals surface area contributed by atoms with Crippen LogP contribution in [0.5, 0.6) is 0 Å². The summed E-state index contributed by atoms with van der Waals surface area (Å²) >= 11 is 0. The first-order valence-electron chi connectivity index (χ1n) is 14.8. The average molecular weight is 696 g/mol. The van der Waals surface area contributed by atoms with Gasteiger partial charge in [-0.2, -0.15) is 0 Å². The highest BCUT2D eigenvalue weighted by atomic mass is 16.7. The minimum atomic E-state index is -2.16. The molecule has 0 aromatic heterocycles. The normalized spacial score (nSPS) is 38.5. The monoisotopic (exact) mass is 695 g/mol. The van der Waals surface area contributed by atoms with E-state index < -0.39 is 149 Å². The highest BCUT2D eigenvalue weighted by Crippen LogP contribution is 2.30. The van der Waals surface area contributed by atoms with E-state index >= 15 is 0 Å². The third-order valence-electron chi connectivity index (χ3n) is 8.21. The van der Waals surface area contributed by atoms with Gasteiger partial charge in [0.2, 0.25) is 0 Å². The number of aldehydes is 1. The van der Waals surface area contributed by atoms with E-state index in [9.17, 15) is 81.4 Å². The summed E-state index contributed by atoms with van der Waals surface area (Å²) in [5.41, 5.74) is 0. The summed E-state index contributed by atoms with van der Waals surface area (Å²) in [4.78, 5) is 10.9. The number of aliphatic hydroxyl groups is 15. The number of carbonyl (C=O) groups excluding carboxylic acids is 1. The quantitative estimate of drug-likeness (QED) is 0.0440. The summed E-state index contributed by atoms with van der Waals surface area (Å²) in [6, 6.07) is -2.95. The van der Waals surface area contributed by atoms with Crippen LogP contribution in [-0.2, 0) is 23.7 Å². The zero-order valence-corrected chi connectivity index (χ0v) is 25.3. The topological polar surface area (TPSA) is 369 Å². The molecule has 1 aliphatic heterocycles. The summed E-state index contributed by atoms with van der Waals surface area (Å²) < 4.78 is 21.4. The van der Waals surface area contributed by atoms with Gasteiger partial charge >= 0.3 is 0 Å². The van der Waals surface area contributed by atoms with Crippen LogP contribution in [-0.4, -0.2) is 226 Å². The van der Waals surface area contributed by atoms with Gasteiger partial charge in [-0.05, 0) is 6.92 Å². The Hall–Kier alpha value is -1.13. The Morgan fingerprint density at radius 1 is 0.723 bits per heavy atom. The molecule has 19 unspecified atom stereocenters. The van der Waals surface area contributed by atoms with Crippen molar-refractivity contribution < 1.29 is 100 Å². The first-order valence-corrected chi connectivity index (χ1v) is 14.8. The van der Waals surface area contributed by atoms with Gasteiger partial charge < -0.3 is 106 Å². The highest BCUT2D eigenvalue weighted by molar-refractivity contribution is 5.56. The van der Waals surface area contributed by atoms with Crippen LogP contribution in [0.15, 0.2) is 0 Å². The molecule has 1 saturated heterocycles. The van der Waals surface area contributed by atoms with Gasteiger partial charge in [-0.15, -0.1) is 0 Å². The second kappa shape index (κ2) is 19.3. The summed E-state index contributed by atoms with van der Waals surface area (Å²) in [5, 5.41) is 155. The number of hydrogen-bond acceptors (Lipinski definition) is 21. The van der Waals surface area contributed by atoms with E-state index in [0.717, 1.165) is 0 Å². The molecular weight excluding hydrogens is 646 g/mol. The molecule has 19 atom stereocenters. The standard InChI is InChI=1S/C26H49NO20/c1-8(2-28)45-26(47-24(11(34)5-31)18(38)10(33)4-30)19(39)12(35)7-44-25-23(43)20(40)14(13(6-32)46-25)27-15-16(36)9(3-29)17(37)22(42)21(15)41/h4,8-29,31-43H,2-3,5-7H2,1H3. The number of nitrogens with one attached hydrogen (secondary N) is 1. The molecule has 0 aromatic rings. The SMILES string of the molecule is CC(CO)OC(OC(C(O)CO)C(O)C(O)C=O)C(O)C(O)COC1OC(CO)C(NC2C(O)C(O)C(O)C(CO)C2O)C(O)C1O. The van der Waals surface area contributed by atoms with Gasteiger partial charge in [-0.25, -0.2) is 0 Å². The maximum Gasteiger partial charge on any atom is 0.187 e. The van der Waals surface area contributed by atoms with E-state index in [-0.39, 0.29) is 6.29 Å². The van der Waals surface area contributed by atoms with Gasteiger partial charge in [0.25, 0.3) is 0 Å². The van der Waals surface area contributed by atoms with Crippen molar-refractivity contribution in [2.24, 2.45) is 5.92 Å². The van der Waals surface area contributed by atoms with Crippen LogP contribution in [0.3, 0.4) is 0 Å².